The summed E-state index contributed by atoms with van der Waals surface area (Å²) in [5, 5.41) is 9.62. The lowest BCUT2D eigenvalue weighted by molar-refractivity contribution is -0.887. The fraction of sp³-hybridized carbons (Fsp3) is 0.620. The average molecular weight is 809 g/mol. The second kappa shape index (κ2) is 40.0. The summed E-state index contributed by atoms with van der Waals surface area (Å²) in [4.78, 5) is 37.0. The smallest absolute Gasteiger partial charge is 0.362 e. The van der Waals surface area contributed by atoms with Gasteiger partial charge in [-0.3, -0.25) is 9.59 Å². The van der Waals surface area contributed by atoms with Gasteiger partial charge in [0, 0.05) is 19.3 Å². The summed E-state index contributed by atoms with van der Waals surface area (Å²) in [6, 6.07) is -0.635. The molecule has 0 saturated carbocycles. The van der Waals surface area contributed by atoms with Gasteiger partial charge in [0.1, 0.15) is 6.61 Å². The molecule has 0 amide bonds. The van der Waals surface area contributed by atoms with Crippen molar-refractivity contribution in [1.82, 2.24) is 0 Å². The second-order valence-corrected chi connectivity index (χ2v) is 15.6. The van der Waals surface area contributed by atoms with Gasteiger partial charge < -0.3 is 23.8 Å². The van der Waals surface area contributed by atoms with E-state index in [0.29, 0.717) is 19.3 Å². The number of carbonyl (C=O) groups excluding carboxylic acids is 2. The van der Waals surface area contributed by atoms with Crippen molar-refractivity contribution in [2.24, 2.45) is 0 Å². The van der Waals surface area contributed by atoms with Crippen LogP contribution >= 0.6 is 0 Å². The molecule has 8 nitrogen and oxygen atoms in total. The minimum absolute atomic E-state index is 0.0199. The zero-order chi connectivity index (χ0) is 42.8. The molecule has 328 valence electrons. The lowest BCUT2D eigenvalue weighted by Crippen LogP contribution is -2.50. The largest absolute Gasteiger partial charge is 0.477 e. The molecule has 2 unspecified atom stereocenters. The van der Waals surface area contributed by atoms with Gasteiger partial charge in [0.2, 0.25) is 0 Å². The number of unbranched alkanes of at least 4 members (excludes halogenated alkanes) is 8. The predicted octanol–water partition coefficient (Wildman–Crippen LogP) is 12.3. The first kappa shape index (κ1) is 54.2. The molecule has 8 heteroatoms. The van der Waals surface area contributed by atoms with E-state index in [1.54, 1.807) is 0 Å². The van der Waals surface area contributed by atoms with Crippen LogP contribution in [-0.2, 0) is 28.6 Å². The van der Waals surface area contributed by atoms with E-state index in [-0.39, 0.29) is 36.7 Å². The van der Waals surface area contributed by atoms with Crippen LogP contribution in [0, 0.1) is 0 Å². The first-order chi connectivity index (χ1) is 28.1. The van der Waals surface area contributed by atoms with E-state index in [1.165, 1.54) is 25.7 Å². The van der Waals surface area contributed by atoms with Crippen LogP contribution in [0.2, 0.25) is 0 Å². The Kier molecular flexibility index (Phi) is 37.5. The van der Waals surface area contributed by atoms with Crippen molar-refractivity contribution >= 4 is 17.9 Å². The quantitative estimate of drug-likeness (QED) is 0.0287. The third-order valence-electron chi connectivity index (χ3n) is 9.23. The molecule has 0 bridgehead atoms. The average Bonchev–Trinajstić information content (AvgIpc) is 3.18. The maximum atomic E-state index is 12.7. The van der Waals surface area contributed by atoms with Crippen molar-refractivity contribution in [3.63, 3.8) is 0 Å². The molecule has 2 atom stereocenters. The second-order valence-electron chi connectivity index (χ2n) is 15.6. The molecule has 0 rings (SSSR count). The third kappa shape index (κ3) is 37.8. The van der Waals surface area contributed by atoms with Crippen molar-refractivity contribution in [1.29, 1.82) is 0 Å². The molecule has 0 spiro atoms. The molecule has 0 saturated heterocycles. The van der Waals surface area contributed by atoms with Crippen LogP contribution in [0.1, 0.15) is 149 Å². The third-order valence-corrected chi connectivity index (χ3v) is 9.23. The molecule has 1 N–H and O–H groups in total. The molecule has 0 aliphatic heterocycles. The zero-order valence-electron chi connectivity index (χ0n) is 37.2. The van der Waals surface area contributed by atoms with Crippen LogP contribution < -0.4 is 0 Å². The Hall–Kier alpha value is -3.75. The van der Waals surface area contributed by atoms with Gasteiger partial charge in [0.15, 0.2) is 12.1 Å². The first-order valence-corrected chi connectivity index (χ1v) is 22.3. The highest BCUT2D eigenvalue weighted by atomic mass is 16.6. The highest BCUT2D eigenvalue weighted by Gasteiger charge is 2.31. The Morgan fingerprint density at radius 2 is 1.00 bits per heavy atom. The summed E-state index contributed by atoms with van der Waals surface area (Å²) in [5.41, 5.74) is 0. The summed E-state index contributed by atoms with van der Waals surface area (Å²) in [5.74, 6) is -1.61. The number of carboxylic acids is 1. The lowest BCUT2D eigenvalue weighted by atomic mass is 10.1. The molecule has 0 aliphatic carbocycles. The van der Waals surface area contributed by atoms with E-state index in [0.717, 1.165) is 83.5 Å². The van der Waals surface area contributed by atoms with Gasteiger partial charge in [0.25, 0.3) is 0 Å². The van der Waals surface area contributed by atoms with Gasteiger partial charge in [-0.15, -0.1) is 0 Å². The molecule has 0 aliphatic rings. The Morgan fingerprint density at radius 1 is 0.534 bits per heavy atom. The molecule has 0 heterocycles. The molecule has 58 heavy (non-hydrogen) atoms. The molecular formula is C50H82NO7+. The zero-order valence-corrected chi connectivity index (χ0v) is 37.2. The number of carbonyl (C=O) groups is 3. The van der Waals surface area contributed by atoms with Crippen LogP contribution in [0.4, 0.5) is 0 Å². The Balaban J connectivity index is 4.52. The van der Waals surface area contributed by atoms with E-state index >= 15 is 0 Å². The van der Waals surface area contributed by atoms with Gasteiger partial charge in [-0.2, -0.15) is 0 Å². The van der Waals surface area contributed by atoms with E-state index < -0.39 is 24.1 Å². The number of quaternary nitrogens is 1. The fourth-order valence-electron chi connectivity index (χ4n) is 5.79. The van der Waals surface area contributed by atoms with Crippen molar-refractivity contribution < 1.29 is 38.2 Å². The highest BCUT2D eigenvalue weighted by Crippen LogP contribution is 2.12. The van der Waals surface area contributed by atoms with Crippen LogP contribution in [0.25, 0.3) is 0 Å². The van der Waals surface area contributed by atoms with Gasteiger partial charge in [-0.05, 0) is 83.5 Å². The number of likely N-dealkylation sites (N-methyl/N-ethyl adjacent to an activating group) is 1. The molecule has 0 aromatic heterocycles. The van der Waals surface area contributed by atoms with Crippen molar-refractivity contribution in [2.75, 3.05) is 41.0 Å². The van der Waals surface area contributed by atoms with Gasteiger partial charge in [-0.25, -0.2) is 4.79 Å². The number of ether oxygens (including phenoxy) is 3. The standard InChI is InChI=1S/C50H81NO7/c1-6-8-10-12-14-16-18-20-22-23-24-25-27-29-31-33-35-37-39-41-49(53)58-46(44-56-43-42-47(50(54)55)51(3,4)5)45-57-48(52)40-38-36-34-32-30-28-26-21-19-17-15-13-11-9-7-2/h8,10,14-17,20-22,24-26,29,31,35,37,46-47H,6-7,9,11-13,18-19,23,27-28,30,32-34,36,38-45H2,1-5H3/p+1/b10-8-,16-14-,17-15-,22-20-,25-24-,26-21-,31-29-,37-35-. The summed E-state index contributed by atoms with van der Waals surface area (Å²) in [6.07, 6.45) is 53.2. The van der Waals surface area contributed by atoms with Gasteiger partial charge >= 0.3 is 17.9 Å². The molecule has 0 aromatic carbocycles. The molecular weight excluding hydrogens is 727 g/mol. The Morgan fingerprint density at radius 3 is 1.50 bits per heavy atom. The number of allylic oxidation sites excluding steroid dienone is 16. The molecule has 0 radical (unpaired) electrons. The minimum Gasteiger partial charge on any atom is -0.477 e. The number of rotatable bonds is 38. The van der Waals surface area contributed by atoms with E-state index in [1.807, 2.05) is 33.3 Å². The van der Waals surface area contributed by atoms with E-state index in [9.17, 15) is 19.5 Å². The normalized spacial score (nSPS) is 13.9. The van der Waals surface area contributed by atoms with E-state index in [2.05, 4.69) is 98.9 Å². The number of carboxylic acid groups (broad SMARTS) is 1. The number of aliphatic carboxylic acids is 1. The topological polar surface area (TPSA) is 99.1 Å². The molecule has 0 aromatic rings. The van der Waals surface area contributed by atoms with Crippen molar-refractivity contribution in [3.05, 3.63) is 97.2 Å². The summed E-state index contributed by atoms with van der Waals surface area (Å²) in [7, 11) is 5.48. The van der Waals surface area contributed by atoms with Crippen LogP contribution in [0.3, 0.4) is 0 Å². The fourth-order valence-corrected chi connectivity index (χ4v) is 5.79. The SMILES string of the molecule is CC/C=C\C/C=C\C/C=C\C/C=C\C/C=C\C/C=C\CCC(=O)OC(COCCC(C(=O)O)[N+](C)(C)C)COC(=O)CCCCCCC/C=C\C/C=C\CCCCC. The first-order valence-electron chi connectivity index (χ1n) is 22.3. The van der Waals surface area contributed by atoms with Crippen LogP contribution in [-0.4, -0.2) is 80.6 Å². The van der Waals surface area contributed by atoms with Crippen molar-refractivity contribution in [2.45, 2.75) is 161 Å². The summed E-state index contributed by atoms with van der Waals surface area (Å²) in [6.45, 7) is 4.48. The maximum absolute atomic E-state index is 12.7. The lowest BCUT2D eigenvalue weighted by Gasteiger charge is -2.31. The Bertz CT molecular complexity index is 1260. The number of hydrogen-bond donors (Lipinski definition) is 1. The molecule has 0 fully saturated rings. The highest BCUT2D eigenvalue weighted by molar-refractivity contribution is 5.72. The predicted molar refractivity (Wildman–Crippen MR) is 243 cm³/mol. The summed E-state index contributed by atoms with van der Waals surface area (Å²) >= 11 is 0. The Labute approximate surface area is 354 Å². The van der Waals surface area contributed by atoms with E-state index in [4.69, 9.17) is 14.2 Å². The van der Waals surface area contributed by atoms with Gasteiger partial charge in [-0.1, -0.05) is 143 Å². The number of hydrogen-bond acceptors (Lipinski definition) is 6. The number of nitrogens with zero attached hydrogens (tertiary/aromatic N) is 1. The van der Waals surface area contributed by atoms with Crippen LogP contribution in [0.5, 0.6) is 0 Å². The summed E-state index contributed by atoms with van der Waals surface area (Å²) < 4.78 is 17.2. The van der Waals surface area contributed by atoms with Crippen LogP contribution in [0.15, 0.2) is 97.2 Å². The monoisotopic (exact) mass is 809 g/mol. The maximum Gasteiger partial charge on any atom is 0.362 e. The minimum atomic E-state index is -0.893. The van der Waals surface area contributed by atoms with Gasteiger partial charge in [0.05, 0.1) is 34.4 Å². The van der Waals surface area contributed by atoms with Crippen molar-refractivity contribution in [3.8, 4) is 0 Å². The number of esters is 2.